The Balaban J connectivity index is 2.85. The van der Waals surface area contributed by atoms with Gasteiger partial charge in [0, 0.05) is 23.2 Å². The van der Waals surface area contributed by atoms with E-state index in [1.54, 1.807) is 12.1 Å². The molecule has 6 heteroatoms. The van der Waals surface area contributed by atoms with Crippen molar-refractivity contribution in [3.63, 3.8) is 0 Å². The maximum atomic E-state index is 13.9. The van der Waals surface area contributed by atoms with Crippen LogP contribution in [0, 0.1) is 5.82 Å². The van der Waals surface area contributed by atoms with Gasteiger partial charge in [0.2, 0.25) is 0 Å². The molecular formula is C11H15BrClFN2O. The number of nitrogens with one attached hydrogen (secondary N) is 1. The third-order valence-electron chi connectivity index (χ3n) is 2.40. The smallest absolute Gasteiger partial charge is 0.147 e. The van der Waals surface area contributed by atoms with Crippen LogP contribution in [0.2, 0.25) is 5.02 Å². The van der Waals surface area contributed by atoms with E-state index in [1.165, 1.54) is 0 Å². The molecule has 1 aromatic rings. The van der Waals surface area contributed by atoms with Gasteiger partial charge in [0.1, 0.15) is 5.82 Å². The molecule has 0 saturated heterocycles. The predicted octanol–water partition coefficient (Wildman–Crippen LogP) is 3.17. The van der Waals surface area contributed by atoms with E-state index in [-0.39, 0.29) is 11.1 Å². The summed E-state index contributed by atoms with van der Waals surface area (Å²) in [5.41, 5.74) is 3.02. The fraction of sp³-hybridized carbons (Fsp3) is 0.455. The Bertz CT molecular complexity index is 379. The van der Waals surface area contributed by atoms with Gasteiger partial charge in [0.05, 0.1) is 11.1 Å². The lowest BCUT2D eigenvalue weighted by Gasteiger charge is -2.17. The second kappa shape index (κ2) is 7.28. The zero-order valence-corrected chi connectivity index (χ0v) is 11.8. The summed E-state index contributed by atoms with van der Waals surface area (Å²) < 4.78 is 19.7. The first-order valence-corrected chi connectivity index (χ1v) is 6.46. The number of nitrogens with two attached hydrogens (primary N) is 1. The van der Waals surface area contributed by atoms with Crippen LogP contribution in [0.4, 0.5) is 4.39 Å². The lowest BCUT2D eigenvalue weighted by Crippen LogP contribution is -2.29. The van der Waals surface area contributed by atoms with Crippen molar-refractivity contribution in [2.45, 2.75) is 19.4 Å². The SMILES string of the molecule is CCOCCC(NN)c1ccc(Br)c(Cl)c1F. The Kier molecular flexibility index (Phi) is 6.37. The molecule has 1 rings (SSSR count). The molecule has 1 aromatic carbocycles. The molecule has 0 fully saturated rings. The van der Waals surface area contributed by atoms with Crippen molar-refractivity contribution in [1.82, 2.24) is 5.43 Å². The summed E-state index contributed by atoms with van der Waals surface area (Å²) >= 11 is 8.99. The number of hydrogen-bond acceptors (Lipinski definition) is 3. The van der Waals surface area contributed by atoms with Gasteiger partial charge >= 0.3 is 0 Å². The summed E-state index contributed by atoms with van der Waals surface area (Å²) in [4.78, 5) is 0. The molecular weight excluding hydrogens is 310 g/mol. The molecule has 0 heterocycles. The predicted molar refractivity (Wildman–Crippen MR) is 70.3 cm³/mol. The second-order valence-corrected chi connectivity index (χ2v) is 4.70. The summed E-state index contributed by atoms with van der Waals surface area (Å²) in [5, 5.41) is 0.0687. The molecule has 3 N–H and O–H groups in total. The maximum Gasteiger partial charge on any atom is 0.147 e. The van der Waals surface area contributed by atoms with Crippen LogP contribution in [0.15, 0.2) is 16.6 Å². The number of hydrazine groups is 1. The van der Waals surface area contributed by atoms with E-state index in [0.717, 1.165) is 0 Å². The molecule has 0 bridgehead atoms. The minimum atomic E-state index is -0.458. The molecule has 17 heavy (non-hydrogen) atoms. The van der Waals surface area contributed by atoms with Crippen molar-refractivity contribution in [3.8, 4) is 0 Å². The normalized spacial score (nSPS) is 12.8. The summed E-state index contributed by atoms with van der Waals surface area (Å²) in [6, 6.07) is 3.04. The highest BCUT2D eigenvalue weighted by atomic mass is 79.9. The first kappa shape index (κ1) is 14.9. The molecule has 0 radical (unpaired) electrons. The highest BCUT2D eigenvalue weighted by Crippen LogP contribution is 2.31. The first-order valence-electron chi connectivity index (χ1n) is 5.29. The molecule has 0 aliphatic heterocycles. The Morgan fingerprint density at radius 2 is 2.29 bits per heavy atom. The molecule has 0 spiro atoms. The minimum Gasteiger partial charge on any atom is -0.382 e. The Labute approximate surface area is 114 Å². The quantitative estimate of drug-likeness (QED) is 0.365. The fourth-order valence-electron chi connectivity index (χ4n) is 1.48. The van der Waals surface area contributed by atoms with Crippen molar-refractivity contribution in [2.75, 3.05) is 13.2 Å². The summed E-state index contributed by atoms with van der Waals surface area (Å²) in [7, 11) is 0. The highest BCUT2D eigenvalue weighted by molar-refractivity contribution is 9.10. The van der Waals surface area contributed by atoms with Crippen LogP contribution in [0.5, 0.6) is 0 Å². The monoisotopic (exact) mass is 324 g/mol. The largest absolute Gasteiger partial charge is 0.382 e. The van der Waals surface area contributed by atoms with Crippen molar-refractivity contribution < 1.29 is 9.13 Å². The number of benzene rings is 1. The first-order chi connectivity index (χ1) is 8.11. The van der Waals surface area contributed by atoms with Gasteiger partial charge in [-0.15, -0.1) is 0 Å². The van der Waals surface area contributed by atoms with Crippen LogP contribution in [-0.2, 0) is 4.74 Å². The molecule has 1 atom stereocenters. The van der Waals surface area contributed by atoms with E-state index in [4.69, 9.17) is 22.2 Å². The van der Waals surface area contributed by atoms with Gasteiger partial charge in [-0.05, 0) is 35.3 Å². The van der Waals surface area contributed by atoms with Crippen molar-refractivity contribution >= 4 is 27.5 Å². The van der Waals surface area contributed by atoms with Gasteiger partial charge in [-0.25, -0.2) is 4.39 Å². The van der Waals surface area contributed by atoms with Crippen molar-refractivity contribution in [3.05, 3.63) is 33.0 Å². The molecule has 0 aliphatic rings. The van der Waals surface area contributed by atoms with Crippen LogP contribution in [0.3, 0.4) is 0 Å². The van der Waals surface area contributed by atoms with E-state index >= 15 is 0 Å². The van der Waals surface area contributed by atoms with Crippen LogP contribution < -0.4 is 11.3 Å². The maximum absolute atomic E-state index is 13.9. The zero-order valence-electron chi connectivity index (χ0n) is 9.47. The topological polar surface area (TPSA) is 47.3 Å². The van der Waals surface area contributed by atoms with E-state index in [1.807, 2.05) is 6.92 Å². The van der Waals surface area contributed by atoms with Crippen LogP contribution >= 0.6 is 27.5 Å². The van der Waals surface area contributed by atoms with Crippen LogP contribution in [-0.4, -0.2) is 13.2 Å². The summed E-state index contributed by atoms with van der Waals surface area (Å²) in [6.07, 6.45) is 0.583. The lowest BCUT2D eigenvalue weighted by atomic mass is 10.0. The average molecular weight is 326 g/mol. The van der Waals surface area contributed by atoms with Gasteiger partial charge in [-0.3, -0.25) is 11.3 Å². The summed E-state index contributed by atoms with van der Waals surface area (Å²) in [5.74, 6) is 4.96. The Hall–Kier alpha value is -0.200. The van der Waals surface area contributed by atoms with Gasteiger partial charge in [0.25, 0.3) is 0 Å². The van der Waals surface area contributed by atoms with Crippen molar-refractivity contribution in [2.24, 2.45) is 5.84 Å². The Morgan fingerprint density at radius 3 is 2.88 bits per heavy atom. The molecule has 1 unspecified atom stereocenters. The third kappa shape index (κ3) is 3.89. The average Bonchev–Trinajstić information content (AvgIpc) is 2.33. The lowest BCUT2D eigenvalue weighted by molar-refractivity contribution is 0.136. The van der Waals surface area contributed by atoms with Gasteiger partial charge in [-0.1, -0.05) is 17.7 Å². The van der Waals surface area contributed by atoms with Crippen molar-refractivity contribution in [1.29, 1.82) is 0 Å². The number of ether oxygens (including phenoxy) is 1. The molecule has 0 aromatic heterocycles. The van der Waals surface area contributed by atoms with E-state index < -0.39 is 5.82 Å². The van der Waals surface area contributed by atoms with E-state index in [0.29, 0.717) is 29.7 Å². The van der Waals surface area contributed by atoms with E-state index in [2.05, 4.69) is 21.4 Å². The standard InChI is InChI=1S/C11H15BrClFN2O/c1-2-17-6-5-9(16-15)7-3-4-8(12)10(13)11(7)14/h3-4,9,16H,2,5-6,15H2,1H3. The van der Waals surface area contributed by atoms with Gasteiger partial charge < -0.3 is 4.74 Å². The second-order valence-electron chi connectivity index (χ2n) is 3.47. The van der Waals surface area contributed by atoms with Crippen LogP contribution in [0.25, 0.3) is 0 Å². The Morgan fingerprint density at radius 1 is 1.59 bits per heavy atom. The van der Waals surface area contributed by atoms with Gasteiger partial charge in [-0.2, -0.15) is 0 Å². The molecule has 3 nitrogen and oxygen atoms in total. The van der Waals surface area contributed by atoms with E-state index in [9.17, 15) is 4.39 Å². The number of rotatable bonds is 6. The molecule has 0 saturated carbocycles. The van der Waals surface area contributed by atoms with Gasteiger partial charge in [0.15, 0.2) is 0 Å². The number of hydrogen-bond donors (Lipinski definition) is 2. The highest BCUT2D eigenvalue weighted by Gasteiger charge is 2.17. The zero-order chi connectivity index (χ0) is 12.8. The summed E-state index contributed by atoms with van der Waals surface area (Å²) in [6.45, 7) is 3.04. The molecule has 96 valence electrons. The minimum absolute atomic E-state index is 0.0687. The molecule has 0 aliphatic carbocycles. The van der Waals surface area contributed by atoms with Crippen LogP contribution in [0.1, 0.15) is 24.9 Å². The molecule has 0 amide bonds. The third-order valence-corrected chi connectivity index (χ3v) is 3.66. The number of halogens is 3. The fourth-order valence-corrected chi connectivity index (χ4v) is 1.96.